The van der Waals surface area contributed by atoms with Crippen LogP contribution in [0.15, 0.2) is 113 Å². The van der Waals surface area contributed by atoms with Crippen molar-refractivity contribution in [3.63, 3.8) is 0 Å². The molecule has 3 aliphatic rings. The first kappa shape index (κ1) is 20.1. The topological polar surface area (TPSA) is 66.9 Å². The zero-order valence-electron chi connectivity index (χ0n) is 19.7. The number of rotatable bonds is 4. The fourth-order valence-corrected chi connectivity index (χ4v) is 5.19. The van der Waals surface area contributed by atoms with Gasteiger partial charge in [0.25, 0.3) is 0 Å². The summed E-state index contributed by atoms with van der Waals surface area (Å²) in [6, 6.07) is 27.6. The van der Waals surface area contributed by atoms with E-state index in [-0.39, 0.29) is 6.04 Å². The number of aliphatic imine (C=N–C) groups is 2. The minimum atomic E-state index is 0.0188. The summed E-state index contributed by atoms with van der Waals surface area (Å²) in [5.74, 6) is 1.02. The number of anilines is 1. The van der Waals surface area contributed by atoms with Crippen molar-refractivity contribution in [3.05, 3.63) is 126 Å². The summed E-state index contributed by atoms with van der Waals surface area (Å²) in [5.41, 5.74) is 11.3. The molecule has 1 unspecified atom stereocenters. The Hall–Kier alpha value is -5.10. The van der Waals surface area contributed by atoms with E-state index in [1.54, 1.807) is 12.4 Å². The lowest BCUT2D eigenvalue weighted by atomic mass is 9.89. The minimum Gasteiger partial charge on any atom is -0.358 e. The van der Waals surface area contributed by atoms with Crippen LogP contribution in [0.1, 0.15) is 28.6 Å². The second-order valence-corrected chi connectivity index (χ2v) is 9.31. The lowest BCUT2D eigenvalue weighted by Gasteiger charge is -2.28. The molecule has 6 nitrogen and oxygen atoms in total. The maximum Gasteiger partial charge on any atom is 0.139 e. The second-order valence-electron chi connectivity index (χ2n) is 9.31. The number of aromatic nitrogens is 3. The Kier molecular flexibility index (Phi) is 4.19. The van der Waals surface area contributed by atoms with Crippen molar-refractivity contribution in [2.75, 3.05) is 5.32 Å². The van der Waals surface area contributed by atoms with Gasteiger partial charge in [-0.3, -0.25) is 14.4 Å². The van der Waals surface area contributed by atoms with Gasteiger partial charge in [0, 0.05) is 24.2 Å². The van der Waals surface area contributed by atoms with Gasteiger partial charge in [0.2, 0.25) is 0 Å². The number of nitrogens with zero attached hydrogens (tertiary/aromatic N) is 5. The Morgan fingerprint density at radius 1 is 0.811 bits per heavy atom. The molecule has 0 aliphatic carbocycles. The van der Waals surface area contributed by atoms with Gasteiger partial charge in [-0.15, -0.1) is 0 Å². The average molecular weight is 477 g/mol. The van der Waals surface area contributed by atoms with E-state index in [0.29, 0.717) is 0 Å². The summed E-state index contributed by atoms with van der Waals surface area (Å²) in [5, 5.41) is 3.77. The molecule has 3 aliphatic heterocycles. The molecule has 0 radical (unpaired) electrons. The number of benzene rings is 2. The summed E-state index contributed by atoms with van der Waals surface area (Å²) in [6.45, 7) is 0. The molecule has 1 atom stereocenters. The molecule has 0 saturated carbocycles. The highest BCUT2D eigenvalue weighted by Crippen LogP contribution is 2.43. The maximum atomic E-state index is 4.91. The van der Waals surface area contributed by atoms with Crippen LogP contribution in [-0.4, -0.2) is 26.3 Å². The largest absolute Gasteiger partial charge is 0.358 e. The monoisotopic (exact) mass is 476 g/mol. The van der Waals surface area contributed by atoms with Gasteiger partial charge in [0.15, 0.2) is 0 Å². The number of hydrogen-bond acceptors (Lipinski definition) is 5. The summed E-state index contributed by atoms with van der Waals surface area (Å²) in [7, 11) is 0. The number of nitrogens with one attached hydrogen (secondary N) is 1. The van der Waals surface area contributed by atoms with Gasteiger partial charge < -0.3 is 5.32 Å². The molecule has 2 aromatic carbocycles. The van der Waals surface area contributed by atoms with Crippen molar-refractivity contribution in [2.24, 2.45) is 9.98 Å². The van der Waals surface area contributed by atoms with Crippen LogP contribution in [-0.2, 0) is 0 Å². The number of fused-ring (bicyclic) bond motifs is 5. The summed E-state index contributed by atoms with van der Waals surface area (Å²) in [6.07, 6.45) is 9.62. The molecular formula is C31H20N6. The molecule has 5 aromatic rings. The fourth-order valence-electron chi connectivity index (χ4n) is 5.19. The van der Waals surface area contributed by atoms with Gasteiger partial charge in [0.1, 0.15) is 17.2 Å². The first-order valence-corrected chi connectivity index (χ1v) is 12.3. The van der Waals surface area contributed by atoms with Gasteiger partial charge in [-0.2, -0.15) is 0 Å². The highest BCUT2D eigenvalue weighted by atomic mass is 15.2. The van der Waals surface area contributed by atoms with Crippen molar-refractivity contribution in [1.82, 2.24) is 14.4 Å². The smallest absolute Gasteiger partial charge is 0.139 e. The van der Waals surface area contributed by atoms with E-state index in [0.717, 1.165) is 51.1 Å². The fraction of sp³-hybridized carbons (Fsp3) is 0.0323. The Bertz CT molecular complexity index is 1810. The van der Waals surface area contributed by atoms with E-state index < -0.39 is 0 Å². The van der Waals surface area contributed by atoms with Gasteiger partial charge in [-0.05, 0) is 58.7 Å². The van der Waals surface area contributed by atoms with Crippen molar-refractivity contribution in [1.29, 1.82) is 0 Å². The molecule has 6 heteroatoms. The van der Waals surface area contributed by atoms with E-state index in [9.17, 15) is 0 Å². The van der Waals surface area contributed by atoms with E-state index in [1.807, 2.05) is 30.4 Å². The van der Waals surface area contributed by atoms with Gasteiger partial charge in [-0.1, -0.05) is 54.6 Å². The van der Waals surface area contributed by atoms with Gasteiger partial charge >= 0.3 is 0 Å². The minimum absolute atomic E-state index is 0.0188. The van der Waals surface area contributed by atoms with Crippen LogP contribution in [0, 0.1) is 0 Å². The zero-order valence-corrected chi connectivity index (χ0v) is 19.7. The molecule has 174 valence electrons. The predicted octanol–water partition coefficient (Wildman–Crippen LogP) is 6.32. The lowest BCUT2D eigenvalue weighted by molar-refractivity contribution is 0.910. The standard InChI is InChI=1S/C31H20N6/c1-2-6-23-22(5-1)29(36-31-30(23)35-28-7-3-4-16-37(28)31)20-10-8-19(9-11-20)21-17-26(24-12-14-32-24)34-27(18-21)25-13-15-33-25/h1-18,29,36H. The number of pyridine rings is 2. The SMILES string of the molecule is C1=CC(c2cc(-c3ccc(C4Nc5c(nc6ccccn56)-c5ccccc54)cc3)cc(C3=CC=N3)n2)=N1. The molecule has 0 bridgehead atoms. The third-order valence-electron chi connectivity index (χ3n) is 7.16. The van der Waals surface area contributed by atoms with Crippen molar-refractivity contribution in [3.8, 4) is 22.4 Å². The molecule has 0 amide bonds. The Balaban J connectivity index is 1.19. The van der Waals surface area contributed by atoms with Crippen molar-refractivity contribution >= 4 is 29.1 Å². The third kappa shape index (κ3) is 3.12. The van der Waals surface area contributed by atoms with Gasteiger partial charge in [-0.25, -0.2) is 9.97 Å². The van der Waals surface area contributed by atoms with Crippen LogP contribution in [0.3, 0.4) is 0 Å². The molecule has 8 rings (SSSR count). The normalized spacial score (nSPS) is 16.7. The first-order chi connectivity index (χ1) is 18.3. The van der Waals surface area contributed by atoms with E-state index >= 15 is 0 Å². The molecule has 0 spiro atoms. The summed E-state index contributed by atoms with van der Waals surface area (Å²) in [4.78, 5) is 18.4. The highest BCUT2D eigenvalue weighted by Gasteiger charge is 2.28. The van der Waals surface area contributed by atoms with E-state index in [4.69, 9.17) is 9.97 Å². The lowest BCUT2D eigenvalue weighted by Crippen LogP contribution is -2.18. The average Bonchev–Trinajstić information content (AvgIpc) is 3.25. The molecule has 0 fully saturated rings. The van der Waals surface area contributed by atoms with Crippen LogP contribution < -0.4 is 5.32 Å². The van der Waals surface area contributed by atoms with Crippen LogP contribution >= 0.6 is 0 Å². The molecule has 3 aromatic heterocycles. The van der Waals surface area contributed by atoms with Crippen molar-refractivity contribution in [2.45, 2.75) is 6.04 Å². The first-order valence-electron chi connectivity index (χ1n) is 12.3. The van der Waals surface area contributed by atoms with Gasteiger partial charge in [0.05, 0.1) is 28.8 Å². The molecular weight excluding hydrogens is 456 g/mol. The van der Waals surface area contributed by atoms with Crippen LogP contribution in [0.2, 0.25) is 0 Å². The molecule has 37 heavy (non-hydrogen) atoms. The molecule has 0 saturated heterocycles. The Labute approximate surface area is 213 Å². The third-order valence-corrected chi connectivity index (χ3v) is 7.16. The van der Waals surface area contributed by atoms with E-state index in [2.05, 4.69) is 86.6 Å². The maximum absolute atomic E-state index is 4.91. The number of hydrogen-bond donors (Lipinski definition) is 1. The second kappa shape index (κ2) is 7.70. The molecule has 6 heterocycles. The van der Waals surface area contributed by atoms with E-state index in [1.165, 1.54) is 16.7 Å². The van der Waals surface area contributed by atoms with Crippen molar-refractivity contribution < 1.29 is 0 Å². The summed E-state index contributed by atoms with van der Waals surface area (Å²) >= 11 is 0. The number of allylic oxidation sites excluding steroid dienone is 2. The van der Waals surface area contributed by atoms with Crippen LogP contribution in [0.4, 0.5) is 5.82 Å². The molecule has 1 N–H and O–H groups in total. The Morgan fingerprint density at radius 2 is 1.62 bits per heavy atom. The zero-order chi connectivity index (χ0) is 24.3. The highest BCUT2D eigenvalue weighted by molar-refractivity contribution is 6.11. The Morgan fingerprint density at radius 3 is 2.41 bits per heavy atom. The predicted molar refractivity (Wildman–Crippen MR) is 148 cm³/mol. The quantitative estimate of drug-likeness (QED) is 0.330. The summed E-state index contributed by atoms with van der Waals surface area (Å²) < 4.78 is 2.13. The van der Waals surface area contributed by atoms with Crippen LogP contribution in [0.25, 0.3) is 33.7 Å². The van der Waals surface area contributed by atoms with Crippen LogP contribution in [0.5, 0.6) is 0 Å². The number of imidazole rings is 1.